The van der Waals surface area contributed by atoms with Crippen molar-refractivity contribution in [3.8, 4) is 0 Å². The van der Waals surface area contributed by atoms with Gasteiger partial charge in [0.2, 0.25) is 6.35 Å². The van der Waals surface area contributed by atoms with Crippen LogP contribution in [0.25, 0.3) is 0 Å². The molecule has 0 aromatic heterocycles. The van der Waals surface area contributed by atoms with Gasteiger partial charge in [0.25, 0.3) is 0 Å². The second kappa shape index (κ2) is 8.84. The Bertz CT molecular complexity index is 956. The van der Waals surface area contributed by atoms with E-state index in [1.165, 1.54) is 6.08 Å². The summed E-state index contributed by atoms with van der Waals surface area (Å²) in [7, 11) is 0. The Morgan fingerprint density at radius 1 is 1.33 bits per heavy atom. The summed E-state index contributed by atoms with van der Waals surface area (Å²) in [4.78, 5) is 6.74. The minimum Gasteiger partial charge on any atom is -0.384 e. The van der Waals surface area contributed by atoms with Crippen LogP contribution >= 0.6 is 15.9 Å². The number of hydrogen-bond donors (Lipinski definition) is 4. The predicted molar refractivity (Wildman–Crippen MR) is 114 cm³/mol. The summed E-state index contributed by atoms with van der Waals surface area (Å²) < 4.78 is 20.6. The fourth-order valence-electron chi connectivity index (χ4n) is 3.48. The van der Waals surface area contributed by atoms with Crippen LogP contribution in [-0.2, 0) is 11.3 Å². The molecule has 3 aliphatic heterocycles. The van der Waals surface area contributed by atoms with Crippen LogP contribution in [0, 0.1) is 0 Å². The first-order valence-electron chi connectivity index (χ1n) is 9.47. The number of amidine groups is 1. The largest absolute Gasteiger partial charge is 0.384 e. The molecule has 3 heterocycles. The fraction of sp³-hybridized carbons (Fsp3) is 0.316. The lowest BCUT2D eigenvalue weighted by Crippen LogP contribution is -2.41. The Labute approximate surface area is 181 Å². The standard InChI is InChI=1S/C19H22BrFN8O/c1-2-30-19-25-16(27-28-22)15-18(26-19)29(10-11-3-5-13(20)6-4-11)17(24-15)12-7-14(21)9-23-8-12/h3-8,17,19,23-25H,2,9-10H2,1H3,(H2,22,27). The van der Waals surface area contributed by atoms with Gasteiger partial charge in [-0.05, 0) is 30.7 Å². The lowest BCUT2D eigenvalue weighted by atomic mass is 10.1. The lowest BCUT2D eigenvalue weighted by Gasteiger charge is -2.29. The van der Waals surface area contributed by atoms with Crippen LogP contribution < -0.4 is 21.8 Å². The number of nitrogens with two attached hydrogens (primary N) is 1. The molecule has 2 unspecified atom stereocenters. The molecule has 1 aromatic rings. The molecule has 0 amide bonds. The minimum absolute atomic E-state index is 0.174. The van der Waals surface area contributed by atoms with Crippen molar-refractivity contribution in [3.05, 3.63) is 69.5 Å². The molecular weight excluding hydrogens is 455 g/mol. The molecule has 4 rings (SSSR count). The first-order chi connectivity index (χ1) is 14.6. The molecule has 0 radical (unpaired) electrons. The third-order valence-electron chi connectivity index (χ3n) is 4.75. The molecule has 30 heavy (non-hydrogen) atoms. The molecule has 9 nitrogen and oxygen atoms in total. The first kappa shape index (κ1) is 20.4. The topological polar surface area (TPSA) is 112 Å². The summed E-state index contributed by atoms with van der Waals surface area (Å²) in [6.45, 7) is 3.05. The van der Waals surface area contributed by atoms with Crippen molar-refractivity contribution in [1.29, 1.82) is 0 Å². The zero-order valence-corrected chi connectivity index (χ0v) is 17.9. The number of fused-ring (bicyclic) bond motifs is 1. The highest BCUT2D eigenvalue weighted by Gasteiger charge is 2.40. The quantitative estimate of drug-likeness (QED) is 0.284. The number of benzene rings is 1. The van der Waals surface area contributed by atoms with Gasteiger partial charge < -0.3 is 31.4 Å². The van der Waals surface area contributed by atoms with E-state index in [1.807, 2.05) is 36.1 Å². The van der Waals surface area contributed by atoms with Gasteiger partial charge in [-0.15, -0.1) is 5.11 Å². The molecule has 0 bridgehead atoms. The number of nitrogens with zero attached hydrogens (tertiary/aromatic N) is 4. The molecule has 1 aromatic carbocycles. The highest BCUT2D eigenvalue weighted by atomic mass is 79.9. The maximum Gasteiger partial charge on any atom is 0.228 e. The van der Waals surface area contributed by atoms with Crippen molar-refractivity contribution in [2.45, 2.75) is 26.0 Å². The van der Waals surface area contributed by atoms with E-state index in [0.717, 1.165) is 15.6 Å². The molecule has 158 valence electrons. The summed E-state index contributed by atoms with van der Waals surface area (Å²) >= 11 is 3.46. The maximum atomic E-state index is 14.0. The number of ether oxygens (including phenoxy) is 1. The van der Waals surface area contributed by atoms with Crippen LogP contribution in [0.2, 0.25) is 0 Å². The molecule has 11 heteroatoms. The van der Waals surface area contributed by atoms with E-state index in [-0.39, 0.29) is 18.5 Å². The van der Waals surface area contributed by atoms with E-state index >= 15 is 0 Å². The monoisotopic (exact) mass is 476 g/mol. The zero-order chi connectivity index (χ0) is 21.1. The Balaban J connectivity index is 1.75. The number of nitrogens with one attached hydrogen (secondary N) is 3. The van der Waals surface area contributed by atoms with Gasteiger partial charge in [0.15, 0.2) is 11.7 Å². The van der Waals surface area contributed by atoms with Crippen LogP contribution in [0.5, 0.6) is 0 Å². The van der Waals surface area contributed by atoms with E-state index in [4.69, 9.17) is 15.6 Å². The number of aliphatic imine (C=N–C) groups is 1. The van der Waals surface area contributed by atoms with Gasteiger partial charge in [-0.2, -0.15) is 0 Å². The van der Waals surface area contributed by atoms with Crippen molar-refractivity contribution in [3.63, 3.8) is 0 Å². The van der Waals surface area contributed by atoms with E-state index < -0.39 is 6.35 Å². The summed E-state index contributed by atoms with van der Waals surface area (Å²) in [5.41, 5.74) is 2.43. The highest BCUT2D eigenvalue weighted by Crippen LogP contribution is 2.29. The second-order valence-corrected chi connectivity index (χ2v) is 7.68. The zero-order valence-electron chi connectivity index (χ0n) is 16.3. The molecule has 1 saturated heterocycles. The molecule has 0 aliphatic carbocycles. The Morgan fingerprint density at radius 3 is 2.83 bits per heavy atom. The molecule has 2 atom stereocenters. The minimum atomic E-state index is -0.632. The van der Waals surface area contributed by atoms with Crippen LogP contribution in [0.1, 0.15) is 12.5 Å². The van der Waals surface area contributed by atoms with E-state index in [0.29, 0.717) is 30.5 Å². The third-order valence-corrected chi connectivity index (χ3v) is 5.28. The third kappa shape index (κ3) is 4.17. The highest BCUT2D eigenvalue weighted by molar-refractivity contribution is 9.10. The summed E-state index contributed by atoms with van der Waals surface area (Å²) in [6, 6.07) is 8.00. The fourth-order valence-corrected chi connectivity index (χ4v) is 3.74. The molecule has 0 spiro atoms. The molecular formula is C19H22BrFN8O. The molecule has 0 saturated carbocycles. The molecule has 1 fully saturated rings. The predicted octanol–water partition coefficient (Wildman–Crippen LogP) is 2.34. The molecule has 5 N–H and O–H groups in total. The van der Waals surface area contributed by atoms with Crippen molar-refractivity contribution in [2.24, 2.45) is 21.2 Å². The van der Waals surface area contributed by atoms with Crippen LogP contribution in [0.15, 0.2) is 79.3 Å². The van der Waals surface area contributed by atoms with Crippen LogP contribution in [0.3, 0.4) is 0 Å². The van der Waals surface area contributed by atoms with E-state index in [1.54, 1.807) is 6.20 Å². The van der Waals surface area contributed by atoms with Gasteiger partial charge in [0.1, 0.15) is 17.7 Å². The van der Waals surface area contributed by atoms with Gasteiger partial charge >= 0.3 is 0 Å². The van der Waals surface area contributed by atoms with Gasteiger partial charge in [-0.3, -0.25) is 0 Å². The van der Waals surface area contributed by atoms with Crippen LogP contribution in [-0.4, -0.2) is 36.4 Å². The summed E-state index contributed by atoms with van der Waals surface area (Å²) in [6.07, 6.45) is 2.32. The number of hydrogen-bond acceptors (Lipinski definition) is 8. The maximum absolute atomic E-state index is 14.0. The van der Waals surface area contributed by atoms with Gasteiger partial charge in [0.05, 0.1) is 6.54 Å². The van der Waals surface area contributed by atoms with Crippen molar-refractivity contribution in [2.75, 3.05) is 13.2 Å². The van der Waals surface area contributed by atoms with Crippen molar-refractivity contribution >= 4 is 21.8 Å². The Kier molecular flexibility index (Phi) is 6.00. The second-order valence-electron chi connectivity index (χ2n) is 6.76. The average Bonchev–Trinajstić information content (AvgIpc) is 3.09. The molecule has 3 aliphatic rings. The van der Waals surface area contributed by atoms with E-state index in [9.17, 15) is 4.39 Å². The first-order valence-corrected chi connectivity index (χ1v) is 10.3. The summed E-state index contributed by atoms with van der Waals surface area (Å²) in [5, 5.41) is 16.8. The number of dihydropyridines is 1. The lowest BCUT2D eigenvalue weighted by molar-refractivity contribution is 0.0495. The Hall–Kier alpha value is -2.92. The summed E-state index contributed by atoms with van der Waals surface area (Å²) in [5.74, 6) is 6.12. The smallest absolute Gasteiger partial charge is 0.228 e. The number of rotatable bonds is 6. The van der Waals surface area contributed by atoms with Gasteiger partial charge in [-0.25, -0.2) is 9.38 Å². The normalized spacial score (nSPS) is 23.3. The van der Waals surface area contributed by atoms with Gasteiger partial charge in [-0.1, -0.05) is 33.3 Å². The van der Waals surface area contributed by atoms with Crippen molar-refractivity contribution in [1.82, 2.24) is 20.9 Å². The Morgan fingerprint density at radius 2 is 2.13 bits per heavy atom. The number of halogens is 2. The van der Waals surface area contributed by atoms with E-state index in [2.05, 4.69) is 42.2 Å². The van der Waals surface area contributed by atoms with Gasteiger partial charge in [0, 0.05) is 29.4 Å². The average molecular weight is 477 g/mol. The SMILES string of the molecule is CCOC1N=C2C(=C(N=NN)N1)NC(C1=CNCC(F)=C1)N2Cc1ccc(Br)cc1. The van der Waals surface area contributed by atoms with Crippen molar-refractivity contribution < 1.29 is 9.13 Å². The van der Waals surface area contributed by atoms with Crippen LogP contribution in [0.4, 0.5) is 4.39 Å².